The first-order valence-corrected chi connectivity index (χ1v) is 7.82. The van der Waals surface area contributed by atoms with Gasteiger partial charge in [0.25, 0.3) is 5.89 Å². The van der Waals surface area contributed by atoms with E-state index in [2.05, 4.69) is 20.8 Å². The molecule has 0 aliphatic carbocycles. The fraction of sp³-hybridized carbons (Fsp3) is 0.438. The summed E-state index contributed by atoms with van der Waals surface area (Å²) < 4.78 is 15.9. The van der Waals surface area contributed by atoms with Crippen molar-refractivity contribution in [1.29, 1.82) is 0 Å². The van der Waals surface area contributed by atoms with Crippen LogP contribution in [-0.2, 0) is 16.1 Å². The molecule has 0 spiro atoms. The van der Waals surface area contributed by atoms with Crippen molar-refractivity contribution in [3.05, 3.63) is 36.0 Å². The third kappa shape index (κ3) is 6.00. The highest BCUT2D eigenvalue weighted by molar-refractivity contribution is 5.91. The van der Waals surface area contributed by atoms with Crippen molar-refractivity contribution in [2.45, 2.75) is 26.0 Å². The molecule has 1 amide bonds. The summed E-state index contributed by atoms with van der Waals surface area (Å²) in [5, 5.41) is 9.81. The predicted octanol–water partition coefficient (Wildman–Crippen LogP) is 1.70. The van der Waals surface area contributed by atoms with E-state index in [-0.39, 0.29) is 31.0 Å². The van der Waals surface area contributed by atoms with Gasteiger partial charge in [0.1, 0.15) is 5.75 Å². The van der Waals surface area contributed by atoms with E-state index in [1.54, 1.807) is 31.2 Å². The van der Waals surface area contributed by atoms with Crippen molar-refractivity contribution in [2.24, 2.45) is 0 Å². The SMILES string of the molecule is Cc1noc(COc2ccc(NC(=O)CC3COCCN3)cc2)n1.Cl. The summed E-state index contributed by atoms with van der Waals surface area (Å²) in [7, 11) is 0. The quantitative estimate of drug-likeness (QED) is 0.800. The van der Waals surface area contributed by atoms with Crippen molar-refractivity contribution in [3.63, 3.8) is 0 Å². The molecule has 25 heavy (non-hydrogen) atoms. The number of halogens is 1. The van der Waals surface area contributed by atoms with Gasteiger partial charge in [0, 0.05) is 24.7 Å². The van der Waals surface area contributed by atoms with Crippen LogP contribution in [0.5, 0.6) is 5.75 Å². The monoisotopic (exact) mass is 368 g/mol. The predicted molar refractivity (Wildman–Crippen MR) is 92.9 cm³/mol. The number of morpholine rings is 1. The summed E-state index contributed by atoms with van der Waals surface area (Å²) in [5.41, 5.74) is 0.720. The van der Waals surface area contributed by atoms with Gasteiger partial charge in [-0.1, -0.05) is 5.16 Å². The standard InChI is InChI=1S/C16H20N4O4.ClH/c1-11-18-16(24-20-11)10-23-14-4-2-12(3-5-14)19-15(21)8-13-9-22-7-6-17-13;/h2-5,13,17H,6-10H2,1H3,(H,19,21);1H. The topological polar surface area (TPSA) is 98.5 Å². The molecular formula is C16H21ClN4O4. The number of ether oxygens (including phenoxy) is 2. The molecule has 8 nitrogen and oxygen atoms in total. The zero-order valence-corrected chi connectivity index (χ0v) is 14.7. The summed E-state index contributed by atoms with van der Waals surface area (Å²) in [6.07, 6.45) is 0.384. The molecule has 1 atom stereocenters. The molecule has 136 valence electrons. The maximum Gasteiger partial charge on any atom is 0.264 e. The van der Waals surface area contributed by atoms with Crippen LogP contribution in [0.25, 0.3) is 0 Å². The normalized spacial score (nSPS) is 16.8. The largest absolute Gasteiger partial charge is 0.484 e. The van der Waals surface area contributed by atoms with E-state index in [9.17, 15) is 4.79 Å². The molecule has 9 heteroatoms. The third-order valence-corrected chi connectivity index (χ3v) is 3.50. The summed E-state index contributed by atoms with van der Waals surface area (Å²) >= 11 is 0. The number of hydrogen-bond acceptors (Lipinski definition) is 7. The Labute approximate surface area is 151 Å². The first-order valence-electron chi connectivity index (χ1n) is 7.82. The van der Waals surface area contributed by atoms with Gasteiger partial charge in [-0.15, -0.1) is 12.4 Å². The van der Waals surface area contributed by atoms with E-state index >= 15 is 0 Å². The molecule has 2 heterocycles. The summed E-state index contributed by atoms with van der Waals surface area (Å²) in [6.45, 7) is 4.00. The second-order valence-electron chi connectivity index (χ2n) is 5.53. The first kappa shape index (κ1) is 19.2. The fourth-order valence-corrected chi connectivity index (χ4v) is 2.36. The van der Waals surface area contributed by atoms with Crippen molar-refractivity contribution < 1.29 is 18.8 Å². The number of aryl methyl sites for hydroxylation is 1. The van der Waals surface area contributed by atoms with Gasteiger partial charge in [-0.25, -0.2) is 0 Å². The van der Waals surface area contributed by atoms with Crippen LogP contribution in [0.1, 0.15) is 18.1 Å². The Bertz CT molecular complexity index is 671. The second kappa shape index (κ2) is 9.36. The molecule has 0 saturated carbocycles. The van der Waals surface area contributed by atoms with Crippen LogP contribution >= 0.6 is 12.4 Å². The molecule has 1 unspecified atom stereocenters. The highest BCUT2D eigenvalue weighted by Crippen LogP contribution is 2.17. The zero-order chi connectivity index (χ0) is 16.8. The van der Waals surface area contributed by atoms with Crippen molar-refractivity contribution >= 4 is 24.0 Å². The number of hydrogen-bond donors (Lipinski definition) is 2. The number of nitrogens with zero attached hydrogens (tertiary/aromatic N) is 2. The third-order valence-electron chi connectivity index (χ3n) is 3.50. The lowest BCUT2D eigenvalue weighted by molar-refractivity contribution is -0.117. The van der Waals surface area contributed by atoms with Crippen LogP contribution in [0.3, 0.4) is 0 Å². The average Bonchev–Trinajstić information content (AvgIpc) is 3.00. The molecular weight excluding hydrogens is 348 g/mol. The summed E-state index contributed by atoms with van der Waals surface area (Å²) in [5.74, 6) is 1.61. The van der Waals surface area contributed by atoms with Gasteiger partial charge >= 0.3 is 0 Å². The van der Waals surface area contributed by atoms with Gasteiger partial charge in [-0.2, -0.15) is 4.98 Å². The molecule has 1 fully saturated rings. The highest BCUT2D eigenvalue weighted by atomic mass is 35.5. The van der Waals surface area contributed by atoms with Gasteiger partial charge in [-0.3, -0.25) is 4.79 Å². The lowest BCUT2D eigenvalue weighted by Crippen LogP contribution is -2.43. The molecule has 3 rings (SSSR count). The minimum Gasteiger partial charge on any atom is -0.484 e. The summed E-state index contributed by atoms with van der Waals surface area (Å²) in [4.78, 5) is 16.1. The number of amides is 1. The number of benzene rings is 1. The minimum absolute atomic E-state index is 0. The van der Waals surface area contributed by atoms with Crippen LogP contribution in [0, 0.1) is 6.92 Å². The lowest BCUT2D eigenvalue weighted by atomic mass is 10.2. The Morgan fingerprint density at radius 2 is 2.20 bits per heavy atom. The van der Waals surface area contributed by atoms with Gasteiger partial charge in [0.05, 0.1) is 13.2 Å². The number of anilines is 1. The highest BCUT2D eigenvalue weighted by Gasteiger charge is 2.16. The van der Waals surface area contributed by atoms with Crippen molar-refractivity contribution in [3.8, 4) is 5.75 Å². The minimum atomic E-state index is -0.0481. The van der Waals surface area contributed by atoms with E-state index in [1.165, 1.54) is 0 Å². The molecule has 2 N–H and O–H groups in total. The number of carbonyl (C=O) groups excluding carboxylic acids is 1. The maximum absolute atomic E-state index is 12.0. The Morgan fingerprint density at radius 3 is 2.84 bits per heavy atom. The van der Waals surface area contributed by atoms with Crippen LogP contribution in [-0.4, -0.2) is 41.8 Å². The molecule has 1 aliphatic rings. The van der Waals surface area contributed by atoms with Crippen LogP contribution < -0.4 is 15.4 Å². The van der Waals surface area contributed by atoms with Gasteiger partial charge in [0.2, 0.25) is 5.91 Å². The lowest BCUT2D eigenvalue weighted by Gasteiger charge is -2.23. The second-order valence-corrected chi connectivity index (χ2v) is 5.53. The Kier molecular flexibility index (Phi) is 7.17. The zero-order valence-electron chi connectivity index (χ0n) is 13.9. The Hall–Kier alpha value is -2.16. The van der Waals surface area contributed by atoms with E-state index in [1.807, 2.05) is 0 Å². The fourth-order valence-electron chi connectivity index (χ4n) is 2.36. The maximum atomic E-state index is 12.0. The van der Waals surface area contributed by atoms with Crippen LogP contribution in [0.15, 0.2) is 28.8 Å². The van der Waals surface area contributed by atoms with E-state index < -0.39 is 0 Å². The van der Waals surface area contributed by atoms with Gasteiger partial charge in [-0.05, 0) is 31.2 Å². The Balaban J connectivity index is 0.00000225. The van der Waals surface area contributed by atoms with Crippen molar-refractivity contribution in [1.82, 2.24) is 15.5 Å². The molecule has 2 aromatic rings. The number of aromatic nitrogens is 2. The van der Waals surface area contributed by atoms with E-state index in [4.69, 9.17) is 14.0 Å². The Morgan fingerprint density at radius 1 is 1.40 bits per heavy atom. The van der Waals surface area contributed by atoms with Crippen LogP contribution in [0.2, 0.25) is 0 Å². The van der Waals surface area contributed by atoms with Gasteiger partial charge in [0.15, 0.2) is 12.4 Å². The average molecular weight is 369 g/mol. The smallest absolute Gasteiger partial charge is 0.264 e. The van der Waals surface area contributed by atoms with E-state index in [0.29, 0.717) is 37.1 Å². The molecule has 1 aromatic carbocycles. The number of carbonyl (C=O) groups is 1. The summed E-state index contributed by atoms with van der Waals surface area (Å²) in [6, 6.07) is 7.20. The number of nitrogens with one attached hydrogen (secondary N) is 2. The number of rotatable bonds is 6. The molecule has 0 bridgehead atoms. The van der Waals surface area contributed by atoms with Crippen LogP contribution in [0.4, 0.5) is 5.69 Å². The first-order chi connectivity index (χ1) is 11.7. The molecule has 1 aromatic heterocycles. The molecule has 0 radical (unpaired) electrons. The molecule has 1 saturated heterocycles. The van der Waals surface area contributed by atoms with E-state index in [0.717, 1.165) is 12.2 Å². The van der Waals surface area contributed by atoms with Crippen molar-refractivity contribution in [2.75, 3.05) is 25.1 Å². The van der Waals surface area contributed by atoms with Gasteiger partial charge < -0.3 is 24.6 Å². The molecule has 1 aliphatic heterocycles.